The van der Waals surface area contributed by atoms with Crippen LogP contribution >= 0.6 is 0 Å². The van der Waals surface area contributed by atoms with E-state index < -0.39 is 0 Å². The first-order valence-corrected chi connectivity index (χ1v) is 9.12. The minimum Gasteiger partial charge on any atom is -0.493 e. The van der Waals surface area contributed by atoms with Gasteiger partial charge in [-0.15, -0.1) is 10.2 Å². The average molecular weight is 352 g/mol. The summed E-state index contributed by atoms with van der Waals surface area (Å²) >= 11 is 0. The lowest BCUT2D eigenvalue weighted by molar-refractivity contribution is 0.294. The van der Waals surface area contributed by atoms with Crippen molar-refractivity contribution < 1.29 is 9.47 Å². The SMILES string of the molecule is CCCOc1ccc(/C=C(/C#N)c2nnc3n2CCCCC3)cc1OC. The zero-order valence-corrected chi connectivity index (χ0v) is 15.4. The normalized spacial score (nSPS) is 14.3. The Bertz CT molecular complexity index is 833. The van der Waals surface area contributed by atoms with Crippen molar-refractivity contribution in [1.29, 1.82) is 5.26 Å². The summed E-state index contributed by atoms with van der Waals surface area (Å²) in [6.45, 7) is 3.56. The zero-order chi connectivity index (χ0) is 18.4. The van der Waals surface area contributed by atoms with E-state index in [1.54, 1.807) is 7.11 Å². The van der Waals surface area contributed by atoms with Gasteiger partial charge in [-0.05, 0) is 43.0 Å². The summed E-state index contributed by atoms with van der Waals surface area (Å²) in [5.74, 6) is 2.99. The maximum Gasteiger partial charge on any atom is 0.174 e. The van der Waals surface area contributed by atoms with Crippen LogP contribution in [0, 0.1) is 11.3 Å². The van der Waals surface area contributed by atoms with Crippen LogP contribution in [0.3, 0.4) is 0 Å². The fourth-order valence-corrected chi connectivity index (χ4v) is 3.10. The van der Waals surface area contributed by atoms with Crippen LogP contribution in [0.15, 0.2) is 18.2 Å². The van der Waals surface area contributed by atoms with E-state index in [0.29, 0.717) is 29.5 Å². The highest BCUT2D eigenvalue weighted by Gasteiger charge is 2.18. The van der Waals surface area contributed by atoms with E-state index in [4.69, 9.17) is 9.47 Å². The van der Waals surface area contributed by atoms with Gasteiger partial charge in [0, 0.05) is 13.0 Å². The molecule has 136 valence electrons. The Hall–Kier alpha value is -2.81. The third-order valence-electron chi connectivity index (χ3n) is 4.43. The molecule has 1 aromatic heterocycles. The topological polar surface area (TPSA) is 73.0 Å². The Kier molecular flexibility index (Phi) is 5.90. The van der Waals surface area contributed by atoms with Crippen molar-refractivity contribution in [2.75, 3.05) is 13.7 Å². The van der Waals surface area contributed by atoms with Crippen molar-refractivity contribution in [2.24, 2.45) is 0 Å². The Morgan fingerprint density at radius 3 is 2.92 bits per heavy atom. The first kappa shape index (κ1) is 18.0. The molecule has 1 aromatic carbocycles. The summed E-state index contributed by atoms with van der Waals surface area (Å²) in [6, 6.07) is 7.95. The van der Waals surface area contributed by atoms with Gasteiger partial charge in [0.25, 0.3) is 0 Å². The van der Waals surface area contributed by atoms with Gasteiger partial charge >= 0.3 is 0 Å². The minimum absolute atomic E-state index is 0.509. The first-order chi connectivity index (χ1) is 12.8. The molecule has 1 aliphatic heterocycles. The molecule has 26 heavy (non-hydrogen) atoms. The van der Waals surface area contributed by atoms with E-state index >= 15 is 0 Å². The second-order valence-electron chi connectivity index (χ2n) is 6.33. The second kappa shape index (κ2) is 8.52. The number of aryl methyl sites for hydroxylation is 1. The molecule has 6 heteroatoms. The van der Waals surface area contributed by atoms with Crippen molar-refractivity contribution in [3.05, 3.63) is 35.4 Å². The van der Waals surface area contributed by atoms with Crippen LogP contribution in [0.5, 0.6) is 11.5 Å². The van der Waals surface area contributed by atoms with Crippen molar-refractivity contribution in [2.45, 2.75) is 45.6 Å². The number of methoxy groups -OCH3 is 1. The van der Waals surface area contributed by atoms with Gasteiger partial charge < -0.3 is 14.0 Å². The third-order valence-corrected chi connectivity index (χ3v) is 4.43. The fraction of sp³-hybridized carbons (Fsp3) is 0.450. The van der Waals surface area contributed by atoms with Gasteiger partial charge in [0.05, 0.1) is 19.3 Å². The second-order valence-corrected chi connectivity index (χ2v) is 6.33. The molecular formula is C20H24N4O2. The number of nitrogens with zero attached hydrogens (tertiary/aromatic N) is 4. The van der Waals surface area contributed by atoms with E-state index in [2.05, 4.69) is 27.8 Å². The van der Waals surface area contributed by atoms with Crippen LogP contribution in [0.4, 0.5) is 0 Å². The number of hydrogen-bond acceptors (Lipinski definition) is 5. The van der Waals surface area contributed by atoms with Gasteiger partial charge in [0.15, 0.2) is 17.3 Å². The highest BCUT2D eigenvalue weighted by atomic mass is 16.5. The highest BCUT2D eigenvalue weighted by molar-refractivity contribution is 5.87. The molecule has 0 atom stereocenters. The number of fused-ring (bicyclic) bond motifs is 1. The summed E-state index contributed by atoms with van der Waals surface area (Å²) in [4.78, 5) is 0. The van der Waals surface area contributed by atoms with Gasteiger partial charge in [-0.3, -0.25) is 0 Å². The molecule has 1 aliphatic rings. The van der Waals surface area contributed by atoms with E-state index in [1.165, 1.54) is 6.42 Å². The molecule has 6 nitrogen and oxygen atoms in total. The highest BCUT2D eigenvalue weighted by Crippen LogP contribution is 2.30. The van der Waals surface area contributed by atoms with Crippen LogP contribution in [0.25, 0.3) is 11.6 Å². The molecule has 2 heterocycles. The summed E-state index contributed by atoms with van der Waals surface area (Å²) < 4.78 is 13.2. The van der Waals surface area contributed by atoms with E-state index in [9.17, 15) is 5.26 Å². The number of benzene rings is 1. The van der Waals surface area contributed by atoms with Gasteiger partial charge in [0.1, 0.15) is 11.9 Å². The van der Waals surface area contributed by atoms with Crippen molar-refractivity contribution in [3.63, 3.8) is 0 Å². The van der Waals surface area contributed by atoms with Crippen LogP contribution in [0.1, 0.15) is 49.8 Å². The minimum atomic E-state index is 0.509. The maximum atomic E-state index is 9.67. The van der Waals surface area contributed by atoms with E-state index in [1.807, 2.05) is 24.3 Å². The zero-order valence-electron chi connectivity index (χ0n) is 15.4. The van der Waals surface area contributed by atoms with Crippen molar-refractivity contribution >= 4 is 11.6 Å². The average Bonchev–Trinajstić information content (AvgIpc) is 2.92. The smallest absolute Gasteiger partial charge is 0.174 e. The number of aromatic nitrogens is 3. The fourth-order valence-electron chi connectivity index (χ4n) is 3.10. The van der Waals surface area contributed by atoms with Gasteiger partial charge in [-0.2, -0.15) is 5.26 Å². The van der Waals surface area contributed by atoms with Crippen LogP contribution in [-0.4, -0.2) is 28.5 Å². The van der Waals surface area contributed by atoms with Gasteiger partial charge in [0.2, 0.25) is 0 Å². The Balaban J connectivity index is 1.93. The number of allylic oxidation sites excluding steroid dienone is 1. The molecule has 0 amide bonds. The van der Waals surface area contributed by atoms with Gasteiger partial charge in [-0.1, -0.05) is 19.4 Å². The predicted molar refractivity (Wildman–Crippen MR) is 99.8 cm³/mol. The molecule has 0 spiro atoms. The lowest BCUT2D eigenvalue weighted by Crippen LogP contribution is -2.05. The molecule has 0 saturated heterocycles. The largest absolute Gasteiger partial charge is 0.493 e. The molecule has 0 unspecified atom stereocenters. The number of nitriles is 1. The molecule has 0 N–H and O–H groups in total. The van der Waals surface area contributed by atoms with E-state index in [0.717, 1.165) is 43.6 Å². The number of rotatable bonds is 6. The quantitative estimate of drug-likeness (QED) is 0.738. The summed E-state index contributed by atoms with van der Waals surface area (Å²) in [7, 11) is 1.62. The summed E-state index contributed by atoms with van der Waals surface area (Å²) in [6.07, 6.45) is 7.08. The Labute approximate surface area is 154 Å². The summed E-state index contributed by atoms with van der Waals surface area (Å²) in [5, 5.41) is 18.2. The van der Waals surface area contributed by atoms with Crippen molar-refractivity contribution in [1.82, 2.24) is 14.8 Å². The van der Waals surface area contributed by atoms with Crippen LogP contribution < -0.4 is 9.47 Å². The molecule has 0 fully saturated rings. The van der Waals surface area contributed by atoms with E-state index in [-0.39, 0.29) is 0 Å². The molecular weight excluding hydrogens is 328 g/mol. The van der Waals surface area contributed by atoms with Crippen LogP contribution in [0.2, 0.25) is 0 Å². The standard InChI is InChI=1S/C20H24N4O2/c1-3-11-26-17-9-8-15(13-18(17)25-2)12-16(14-21)20-23-22-19-7-5-4-6-10-24(19)20/h8-9,12-13H,3-7,10-11H2,1-2H3/b16-12-. The Morgan fingerprint density at radius 2 is 2.15 bits per heavy atom. The molecule has 3 rings (SSSR count). The lowest BCUT2D eigenvalue weighted by Gasteiger charge is -2.11. The van der Waals surface area contributed by atoms with Crippen LogP contribution in [-0.2, 0) is 13.0 Å². The summed E-state index contributed by atoms with van der Waals surface area (Å²) in [5.41, 5.74) is 1.38. The first-order valence-electron chi connectivity index (χ1n) is 9.12. The predicted octanol–water partition coefficient (Wildman–Crippen LogP) is 3.87. The molecule has 0 radical (unpaired) electrons. The van der Waals surface area contributed by atoms with Gasteiger partial charge in [-0.25, -0.2) is 0 Å². The lowest BCUT2D eigenvalue weighted by atomic mass is 10.1. The number of hydrogen-bond donors (Lipinski definition) is 0. The molecule has 0 bridgehead atoms. The third kappa shape index (κ3) is 3.88. The molecule has 0 aliphatic carbocycles. The number of ether oxygens (including phenoxy) is 2. The van der Waals surface area contributed by atoms with Crippen molar-refractivity contribution in [3.8, 4) is 17.6 Å². The monoisotopic (exact) mass is 352 g/mol. The molecule has 2 aromatic rings. The molecule has 0 saturated carbocycles. The Morgan fingerprint density at radius 1 is 1.27 bits per heavy atom. The maximum absolute atomic E-state index is 9.67.